The Morgan fingerprint density at radius 2 is 1.56 bits per heavy atom. The van der Waals surface area contributed by atoms with E-state index in [0.29, 0.717) is 48.3 Å². The van der Waals surface area contributed by atoms with E-state index in [1.807, 2.05) is 0 Å². The lowest BCUT2D eigenvalue weighted by Gasteiger charge is -2.62. The minimum Gasteiger partial charge on any atom is -0.393 e. The molecule has 0 bridgehead atoms. The topological polar surface area (TPSA) is 79.2 Å². The average molecular weight is 449 g/mol. The molecule has 6 rings (SSSR count). The molecule has 5 heteroatoms. The van der Waals surface area contributed by atoms with Crippen molar-refractivity contribution in [3.05, 3.63) is 0 Å². The van der Waals surface area contributed by atoms with Crippen LogP contribution in [0.25, 0.3) is 0 Å². The minimum atomic E-state index is -0.692. The van der Waals surface area contributed by atoms with E-state index in [4.69, 9.17) is 9.47 Å². The Balaban J connectivity index is 1.28. The molecule has 14 atom stereocenters. The molecule has 6 aliphatic rings. The summed E-state index contributed by atoms with van der Waals surface area (Å²) in [5, 5.41) is 32.1. The fourth-order valence-electron chi connectivity index (χ4n) is 10.3. The Hall–Kier alpha value is -0.200. The van der Waals surface area contributed by atoms with Gasteiger partial charge in [-0.25, -0.2) is 0 Å². The molecule has 0 aromatic carbocycles. The summed E-state index contributed by atoms with van der Waals surface area (Å²) >= 11 is 0. The van der Waals surface area contributed by atoms with Crippen molar-refractivity contribution in [3.63, 3.8) is 0 Å². The quantitative estimate of drug-likeness (QED) is 0.526. The number of aliphatic hydroxyl groups is 3. The van der Waals surface area contributed by atoms with Gasteiger partial charge in [-0.1, -0.05) is 27.7 Å². The summed E-state index contributed by atoms with van der Waals surface area (Å²) in [4.78, 5) is 0. The van der Waals surface area contributed by atoms with Crippen molar-refractivity contribution in [2.45, 2.75) is 109 Å². The first-order valence-electron chi connectivity index (χ1n) is 13.4. The van der Waals surface area contributed by atoms with Crippen LogP contribution in [0.2, 0.25) is 0 Å². The molecule has 4 aliphatic carbocycles. The van der Waals surface area contributed by atoms with E-state index < -0.39 is 12.2 Å². The maximum Gasteiger partial charge on any atom is 0.171 e. The van der Waals surface area contributed by atoms with Gasteiger partial charge in [-0.05, 0) is 91.3 Å². The van der Waals surface area contributed by atoms with Crippen molar-refractivity contribution in [2.75, 3.05) is 6.61 Å². The fraction of sp³-hybridized carbons (Fsp3) is 1.00. The third-order valence-corrected chi connectivity index (χ3v) is 12.0. The lowest BCUT2D eigenvalue weighted by atomic mass is 9.43. The fourth-order valence-corrected chi connectivity index (χ4v) is 10.3. The molecule has 3 N–H and O–H groups in total. The Kier molecular flexibility index (Phi) is 4.99. The summed E-state index contributed by atoms with van der Waals surface area (Å²) in [5.74, 6) is 2.86. The highest BCUT2D eigenvalue weighted by Gasteiger charge is 2.70. The van der Waals surface area contributed by atoms with Crippen molar-refractivity contribution in [3.8, 4) is 0 Å². The molecule has 2 unspecified atom stereocenters. The molecular formula is C27H44O5. The van der Waals surface area contributed by atoms with Crippen LogP contribution >= 0.6 is 0 Å². The summed E-state index contributed by atoms with van der Waals surface area (Å²) < 4.78 is 13.3. The first-order valence-corrected chi connectivity index (χ1v) is 13.4. The van der Waals surface area contributed by atoms with E-state index in [0.717, 1.165) is 25.9 Å². The minimum absolute atomic E-state index is 0.0870. The maximum absolute atomic E-state index is 11.3. The summed E-state index contributed by atoms with van der Waals surface area (Å²) in [6.07, 6.45) is 6.22. The number of ether oxygens (including phenoxy) is 2. The second-order valence-corrected chi connectivity index (χ2v) is 13.4. The predicted molar refractivity (Wildman–Crippen MR) is 121 cm³/mol. The van der Waals surface area contributed by atoms with Gasteiger partial charge in [0.2, 0.25) is 0 Å². The lowest BCUT2D eigenvalue weighted by Crippen LogP contribution is -2.61. The molecule has 6 fully saturated rings. The number of hydrogen-bond donors (Lipinski definition) is 3. The number of aliphatic hydroxyl groups excluding tert-OH is 3. The van der Waals surface area contributed by atoms with Gasteiger partial charge in [-0.3, -0.25) is 0 Å². The average Bonchev–Trinajstić information content (AvgIpc) is 3.18. The third-order valence-electron chi connectivity index (χ3n) is 12.0. The van der Waals surface area contributed by atoms with Gasteiger partial charge < -0.3 is 24.8 Å². The highest BCUT2D eigenvalue weighted by Crippen LogP contribution is 2.71. The van der Waals surface area contributed by atoms with E-state index in [1.165, 1.54) is 19.3 Å². The zero-order valence-electron chi connectivity index (χ0n) is 20.4. The van der Waals surface area contributed by atoms with E-state index in [2.05, 4.69) is 27.7 Å². The SMILES string of the molecule is C[C@@H]1CCC2(OC1)O[C@H]1C[C@H]3[C@@H]4C[C@@H](O)[C@H]5C[C@@H](O)[C@H](O)C[C@]5(C)[C@H]4CC[C@]3(C)C1[C@@H]2C. The first kappa shape index (κ1) is 22.3. The lowest BCUT2D eigenvalue weighted by molar-refractivity contribution is -0.273. The third kappa shape index (κ3) is 2.81. The Labute approximate surface area is 193 Å². The molecule has 4 saturated carbocycles. The maximum atomic E-state index is 11.3. The summed E-state index contributed by atoms with van der Waals surface area (Å²) in [6.45, 7) is 10.3. The van der Waals surface area contributed by atoms with Crippen LogP contribution in [0.1, 0.15) is 79.1 Å². The zero-order valence-corrected chi connectivity index (χ0v) is 20.4. The Morgan fingerprint density at radius 1 is 0.781 bits per heavy atom. The molecule has 0 radical (unpaired) electrons. The molecule has 0 amide bonds. The van der Waals surface area contributed by atoms with Crippen LogP contribution in [-0.4, -0.2) is 52.1 Å². The molecular weight excluding hydrogens is 404 g/mol. The van der Waals surface area contributed by atoms with Gasteiger partial charge in [-0.15, -0.1) is 0 Å². The zero-order chi connectivity index (χ0) is 22.6. The van der Waals surface area contributed by atoms with Crippen molar-refractivity contribution in [1.82, 2.24) is 0 Å². The van der Waals surface area contributed by atoms with Crippen LogP contribution in [-0.2, 0) is 9.47 Å². The van der Waals surface area contributed by atoms with Crippen LogP contribution < -0.4 is 0 Å². The second kappa shape index (κ2) is 7.16. The largest absolute Gasteiger partial charge is 0.393 e. The number of rotatable bonds is 0. The van der Waals surface area contributed by atoms with Crippen LogP contribution in [0, 0.1) is 52.3 Å². The van der Waals surface area contributed by atoms with Crippen molar-refractivity contribution in [1.29, 1.82) is 0 Å². The molecule has 182 valence electrons. The van der Waals surface area contributed by atoms with Crippen LogP contribution in [0.3, 0.4) is 0 Å². The van der Waals surface area contributed by atoms with E-state index in [9.17, 15) is 15.3 Å². The van der Waals surface area contributed by atoms with Crippen LogP contribution in [0.5, 0.6) is 0 Å². The van der Waals surface area contributed by atoms with Crippen molar-refractivity contribution < 1.29 is 24.8 Å². The monoisotopic (exact) mass is 448 g/mol. The van der Waals surface area contributed by atoms with Gasteiger partial charge >= 0.3 is 0 Å². The van der Waals surface area contributed by atoms with Gasteiger partial charge in [0, 0.05) is 12.3 Å². The van der Waals surface area contributed by atoms with Crippen molar-refractivity contribution in [2.24, 2.45) is 52.3 Å². The van der Waals surface area contributed by atoms with Gasteiger partial charge in [-0.2, -0.15) is 0 Å². The van der Waals surface area contributed by atoms with Gasteiger partial charge in [0.1, 0.15) is 0 Å². The highest BCUT2D eigenvalue weighted by atomic mass is 16.7. The molecule has 2 aliphatic heterocycles. The van der Waals surface area contributed by atoms with E-state index >= 15 is 0 Å². The van der Waals surface area contributed by atoms with Crippen LogP contribution in [0.4, 0.5) is 0 Å². The highest BCUT2D eigenvalue weighted by molar-refractivity contribution is 5.16. The molecule has 5 nitrogen and oxygen atoms in total. The molecule has 2 saturated heterocycles. The Morgan fingerprint density at radius 3 is 2.28 bits per heavy atom. The number of fused-ring (bicyclic) bond motifs is 7. The van der Waals surface area contributed by atoms with Gasteiger partial charge in [0.05, 0.1) is 31.0 Å². The Bertz CT molecular complexity index is 748. The van der Waals surface area contributed by atoms with E-state index in [-0.39, 0.29) is 34.7 Å². The molecule has 1 spiro atoms. The summed E-state index contributed by atoms with van der Waals surface area (Å²) in [7, 11) is 0. The predicted octanol–water partition coefficient (Wildman–Crippen LogP) is 3.74. The first-order chi connectivity index (χ1) is 15.1. The number of hydrogen-bond acceptors (Lipinski definition) is 5. The summed E-state index contributed by atoms with van der Waals surface area (Å²) in [5.41, 5.74) is 0.146. The molecule has 0 aromatic heterocycles. The normalized spacial score (nSPS) is 64.0. The van der Waals surface area contributed by atoms with Gasteiger partial charge in [0.15, 0.2) is 5.79 Å². The summed E-state index contributed by atoms with van der Waals surface area (Å²) in [6, 6.07) is 0. The second-order valence-electron chi connectivity index (χ2n) is 13.4. The molecule has 2 heterocycles. The molecule has 32 heavy (non-hydrogen) atoms. The van der Waals surface area contributed by atoms with E-state index in [1.54, 1.807) is 0 Å². The molecule has 0 aromatic rings. The van der Waals surface area contributed by atoms with Crippen LogP contribution in [0.15, 0.2) is 0 Å². The standard InChI is InChI=1S/C27H44O5/c1-14-5-8-27(31-13-14)15(2)24-23(32-27)11-18-16-9-20(28)19-10-21(29)22(30)12-26(19,4)17(16)6-7-25(18,24)3/h14-24,28-30H,5-13H2,1-4H3/t14-,15+,16-,17+,18+,19-,20-,21-,22-,23+,24?,25+,26-,27?/m1/s1. The van der Waals surface area contributed by atoms with Gasteiger partial charge in [0.25, 0.3) is 0 Å². The smallest absolute Gasteiger partial charge is 0.171 e. The van der Waals surface area contributed by atoms with Crippen molar-refractivity contribution >= 4 is 0 Å².